The predicted octanol–water partition coefficient (Wildman–Crippen LogP) is 5.11. The fourth-order valence-corrected chi connectivity index (χ4v) is 4.74. The van der Waals surface area contributed by atoms with Crippen LogP contribution in [-0.4, -0.2) is 61.9 Å². The quantitative estimate of drug-likeness (QED) is 0.179. The molecule has 6 nitrogen and oxygen atoms in total. The number of carbonyl (C=O) groups excluding carboxylic acids is 1. The Labute approximate surface area is 213 Å². The monoisotopic (exact) mass is 498 g/mol. The normalized spacial score (nSPS) is 17.4. The number of hydrogen-bond acceptors (Lipinski definition) is 6. The first-order valence-corrected chi connectivity index (χ1v) is 12.8. The Balaban J connectivity index is 1.61. The van der Waals surface area contributed by atoms with Crippen LogP contribution in [-0.2, 0) is 14.3 Å². The average molecular weight is 499 g/mol. The van der Waals surface area contributed by atoms with Crippen molar-refractivity contribution in [1.29, 1.82) is 5.26 Å². The van der Waals surface area contributed by atoms with Crippen LogP contribution in [0.25, 0.3) is 16.8 Å². The first-order chi connectivity index (χ1) is 17.0. The number of alkyl halides is 1. The van der Waals surface area contributed by atoms with Crippen LogP contribution in [0, 0.1) is 11.3 Å². The first-order valence-electron chi connectivity index (χ1n) is 12.4. The number of benzene rings is 2. The van der Waals surface area contributed by atoms with E-state index in [9.17, 15) is 10.1 Å². The van der Waals surface area contributed by atoms with Gasteiger partial charge in [0.2, 0.25) is 0 Å². The number of aliphatic hydroxyl groups excluding tert-OH is 1. The number of anilines is 1. The van der Waals surface area contributed by atoms with Crippen molar-refractivity contribution in [1.82, 2.24) is 0 Å². The number of piperidine rings is 1. The number of fused-ring (bicyclic) bond motifs is 1. The molecule has 1 aliphatic rings. The zero-order chi connectivity index (χ0) is 25.0. The molecule has 0 radical (unpaired) electrons. The first kappa shape index (κ1) is 27.2. The molecule has 0 spiro atoms. The highest BCUT2D eigenvalue weighted by Gasteiger charge is 2.26. The molecule has 7 heteroatoms. The van der Waals surface area contributed by atoms with Crippen molar-refractivity contribution < 1.29 is 19.4 Å². The van der Waals surface area contributed by atoms with E-state index in [0.29, 0.717) is 38.9 Å². The summed E-state index contributed by atoms with van der Waals surface area (Å²) in [7, 11) is 0. The van der Waals surface area contributed by atoms with Gasteiger partial charge in [-0.25, -0.2) is 0 Å². The van der Waals surface area contributed by atoms with E-state index in [1.807, 2.05) is 24.3 Å². The van der Waals surface area contributed by atoms with Gasteiger partial charge in [0, 0.05) is 31.3 Å². The third kappa shape index (κ3) is 8.05. The van der Waals surface area contributed by atoms with Gasteiger partial charge in [-0.2, -0.15) is 5.26 Å². The number of allylic oxidation sites excluding steroid dienone is 1. The summed E-state index contributed by atoms with van der Waals surface area (Å²) in [4.78, 5) is 14.9. The Kier molecular flexibility index (Phi) is 11.0. The Morgan fingerprint density at radius 2 is 1.91 bits per heavy atom. The zero-order valence-electron chi connectivity index (χ0n) is 20.4. The maximum atomic E-state index is 12.5. The Morgan fingerprint density at radius 3 is 2.66 bits per heavy atom. The number of Topliss-reactive ketones (excluding diaryl/α,β-unsaturated/α-hetero) is 1. The Hall–Kier alpha value is -2.43. The lowest BCUT2D eigenvalue weighted by molar-refractivity contribution is -0.115. The largest absolute Gasteiger partial charge is 0.394 e. The van der Waals surface area contributed by atoms with Crippen molar-refractivity contribution in [3.05, 3.63) is 47.5 Å². The van der Waals surface area contributed by atoms with E-state index in [-0.39, 0.29) is 29.8 Å². The van der Waals surface area contributed by atoms with Crippen molar-refractivity contribution in [3.63, 3.8) is 0 Å². The molecule has 1 aliphatic heterocycles. The van der Waals surface area contributed by atoms with Gasteiger partial charge >= 0.3 is 0 Å². The minimum Gasteiger partial charge on any atom is -0.394 e. The lowest BCUT2D eigenvalue weighted by Crippen LogP contribution is -2.44. The van der Waals surface area contributed by atoms with E-state index in [1.165, 1.54) is 18.5 Å². The summed E-state index contributed by atoms with van der Waals surface area (Å²) in [6.07, 6.45) is 5.96. The topological polar surface area (TPSA) is 82.8 Å². The van der Waals surface area contributed by atoms with Crippen molar-refractivity contribution in [3.8, 4) is 6.07 Å². The van der Waals surface area contributed by atoms with Gasteiger partial charge in [0.1, 0.15) is 6.07 Å². The van der Waals surface area contributed by atoms with Gasteiger partial charge in [-0.05, 0) is 73.2 Å². The van der Waals surface area contributed by atoms with Crippen LogP contribution in [0.3, 0.4) is 0 Å². The molecule has 3 rings (SSSR count). The number of rotatable bonds is 13. The highest BCUT2D eigenvalue weighted by Crippen LogP contribution is 2.31. The number of nitriles is 1. The predicted molar refractivity (Wildman–Crippen MR) is 141 cm³/mol. The van der Waals surface area contributed by atoms with Crippen LogP contribution in [0.2, 0.25) is 0 Å². The molecule has 1 saturated heterocycles. The van der Waals surface area contributed by atoms with E-state index < -0.39 is 0 Å². The van der Waals surface area contributed by atoms with Crippen LogP contribution in [0.4, 0.5) is 5.69 Å². The lowest BCUT2D eigenvalue weighted by Gasteiger charge is -2.39. The van der Waals surface area contributed by atoms with Crippen LogP contribution in [0.15, 0.2) is 42.0 Å². The molecule has 0 saturated carbocycles. The zero-order valence-corrected chi connectivity index (χ0v) is 21.2. The smallest absolute Gasteiger partial charge is 0.173 e. The van der Waals surface area contributed by atoms with E-state index >= 15 is 0 Å². The fourth-order valence-electron chi connectivity index (χ4n) is 4.47. The molecule has 1 heterocycles. The molecule has 0 amide bonds. The van der Waals surface area contributed by atoms with Crippen molar-refractivity contribution in [2.75, 3.05) is 44.5 Å². The molecule has 2 atom stereocenters. The van der Waals surface area contributed by atoms with Crippen LogP contribution >= 0.6 is 11.6 Å². The van der Waals surface area contributed by atoms with Gasteiger partial charge in [-0.1, -0.05) is 18.2 Å². The standard InChI is InChI=1S/C28H35ClN2O4/c1-21(29)27-5-2-3-11-31(27)26-10-9-23-17-22(7-8-24(23)19-26)18-25(20-30)28(33)6-4-13-34-15-16-35-14-12-32/h7-10,17-19,21,27,32H,2-6,11-16H2,1H3/b25-18+. The number of nitrogens with zero attached hydrogens (tertiary/aromatic N) is 2. The number of ether oxygens (including phenoxy) is 2. The van der Waals surface area contributed by atoms with Crippen molar-refractivity contribution in [2.45, 2.75) is 50.4 Å². The summed E-state index contributed by atoms with van der Waals surface area (Å²) >= 11 is 6.48. The number of hydrogen-bond donors (Lipinski definition) is 1. The number of aliphatic hydroxyl groups is 1. The fraction of sp³-hybridized carbons (Fsp3) is 0.500. The molecule has 0 aromatic heterocycles. The molecule has 35 heavy (non-hydrogen) atoms. The molecule has 2 unspecified atom stereocenters. The van der Waals surface area contributed by atoms with Crippen molar-refractivity contribution in [2.24, 2.45) is 0 Å². The summed E-state index contributed by atoms with van der Waals surface area (Å²) in [5.74, 6) is -0.186. The van der Waals surface area contributed by atoms with Crippen LogP contribution < -0.4 is 4.90 Å². The highest BCUT2D eigenvalue weighted by molar-refractivity contribution is 6.21. The molecular formula is C28H35ClN2O4. The maximum absolute atomic E-state index is 12.5. The molecule has 188 valence electrons. The molecule has 1 N–H and O–H groups in total. The van der Waals surface area contributed by atoms with Gasteiger partial charge in [0.25, 0.3) is 0 Å². The summed E-state index contributed by atoms with van der Waals surface area (Å²) < 4.78 is 10.5. The summed E-state index contributed by atoms with van der Waals surface area (Å²) in [6, 6.07) is 14.8. The molecule has 0 aliphatic carbocycles. The third-order valence-electron chi connectivity index (χ3n) is 6.29. The highest BCUT2D eigenvalue weighted by atomic mass is 35.5. The maximum Gasteiger partial charge on any atom is 0.173 e. The van der Waals surface area contributed by atoms with Gasteiger partial charge in [-0.15, -0.1) is 11.6 Å². The minimum absolute atomic E-state index is 0.0110. The van der Waals surface area contributed by atoms with E-state index in [0.717, 1.165) is 29.3 Å². The minimum atomic E-state index is -0.186. The molecule has 2 aromatic rings. The second-order valence-corrected chi connectivity index (χ2v) is 9.56. The molecule has 0 bridgehead atoms. The Morgan fingerprint density at radius 1 is 1.17 bits per heavy atom. The molecule has 2 aromatic carbocycles. The average Bonchev–Trinajstić information content (AvgIpc) is 2.88. The number of ketones is 1. The second-order valence-electron chi connectivity index (χ2n) is 8.87. The van der Waals surface area contributed by atoms with Gasteiger partial charge in [0.15, 0.2) is 5.78 Å². The SMILES string of the molecule is CC(Cl)C1CCCCN1c1ccc2cc(/C=C(\C#N)C(=O)CCCOCCOCCO)ccc2c1. The summed E-state index contributed by atoms with van der Waals surface area (Å²) in [6.45, 7) is 4.61. The third-order valence-corrected chi connectivity index (χ3v) is 6.58. The number of carbonyl (C=O) groups is 1. The lowest BCUT2D eigenvalue weighted by atomic mass is 9.97. The van der Waals surface area contributed by atoms with E-state index in [1.54, 1.807) is 6.08 Å². The summed E-state index contributed by atoms with van der Waals surface area (Å²) in [5, 5.41) is 20.4. The van der Waals surface area contributed by atoms with Gasteiger partial charge in [0.05, 0.1) is 37.4 Å². The van der Waals surface area contributed by atoms with E-state index in [2.05, 4.69) is 30.0 Å². The second kappa shape index (κ2) is 14.2. The Bertz CT molecular complexity index is 1050. The van der Waals surface area contributed by atoms with Gasteiger partial charge in [-0.3, -0.25) is 4.79 Å². The van der Waals surface area contributed by atoms with Gasteiger partial charge < -0.3 is 19.5 Å². The molecular weight excluding hydrogens is 464 g/mol. The molecule has 1 fully saturated rings. The van der Waals surface area contributed by atoms with Crippen molar-refractivity contribution >= 4 is 39.9 Å². The van der Waals surface area contributed by atoms with Crippen LogP contribution in [0.1, 0.15) is 44.6 Å². The van der Waals surface area contributed by atoms with Crippen LogP contribution in [0.5, 0.6) is 0 Å². The summed E-state index contributed by atoms with van der Waals surface area (Å²) in [5.41, 5.74) is 2.17. The number of halogens is 1. The van der Waals surface area contributed by atoms with E-state index in [4.69, 9.17) is 26.2 Å².